The largest absolute Gasteiger partial charge is 0.126 e. The molecule has 0 bridgehead atoms. The van der Waals surface area contributed by atoms with Crippen molar-refractivity contribution in [2.45, 2.75) is 66.0 Å². The van der Waals surface area contributed by atoms with E-state index in [0.717, 1.165) is 28.1 Å². The van der Waals surface area contributed by atoms with Gasteiger partial charge in [0.05, 0.1) is 8.07 Å². The Kier molecular flexibility index (Phi) is 6.22. The zero-order chi connectivity index (χ0) is 24.8. The van der Waals surface area contributed by atoms with E-state index in [0.29, 0.717) is 40.1 Å². The number of hydrogen-bond acceptors (Lipinski definition) is 2. The average Bonchev–Trinajstić information content (AvgIpc) is 3.57. The van der Waals surface area contributed by atoms with Gasteiger partial charge in [0.1, 0.15) is 0 Å². The molecule has 184 valence electrons. The zero-order valence-electron chi connectivity index (χ0n) is 20.9. The maximum Gasteiger partial charge on any atom is 0.0688 e. The summed E-state index contributed by atoms with van der Waals surface area (Å²) in [6, 6.07) is 11.2. The van der Waals surface area contributed by atoms with E-state index in [2.05, 4.69) is 42.5 Å². The third-order valence-electron chi connectivity index (χ3n) is 11.1. The molecule has 0 nitrogen and oxygen atoms in total. The van der Waals surface area contributed by atoms with Gasteiger partial charge in [0.2, 0.25) is 0 Å². The summed E-state index contributed by atoms with van der Waals surface area (Å²) < 4.78 is 0. The second-order valence-corrected chi connectivity index (χ2v) is 18.5. The van der Waals surface area contributed by atoms with Gasteiger partial charge in [0.25, 0.3) is 0 Å². The quantitative estimate of drug-likeness (QED) is 0.365. The van der Waals surface area contributed by atoms with E-state index < -0.39 is 8.07 Å². The molecule has 2 heterocycles. The zero-order valence-corrected chi connectivity index (χ0v) is 23.5. The van der Waals surface area contributed by atoms with Crippen LogP contribution in [-0.4, -0.2) is 18.6 Å². The van der Waals surface area contributed by atoms with Crippen molar-refractivity contribution in [1.82, 2.24) is 0 Å². The Bertz CT molecular complexity index is 1030. The summed E-state index contributed by atoms with van der Waals surface area (Å²) in [5.41, 5.74) is 2.09. The Labute approximate surface area is 229 Å². The van der Waals surface area contributed by atoms with E-state index in [1.165, 1.54) is 37.7 Å². The first-order valence-corrected chi connectivity index (χ1v) is 18.1. The summed E-state index contributed by atoms with van der Waals surface area (Å²) in [5.74, 6) is 4.52. The fourth-order valence-corrected chi connectivity index (χ4v) is 18.4. The molecule has 0 spiro atoms. The van der Waals surface area contributed by atoms with Crippen molar-refractivity contribution in [3.8, 4) is 0 Å². The molecule has 11 atom stereocenters. The third kappa shape index (κ3) is 3.75. The highest BCUT2D eigenvalue weighted by atomic mass is 32.2. The lowest BCUT2D eigenvalue weighted by Crippen LogP contribution is -2.50. The van der Waals surface area contributed by atoms with E-state index in [1.54, 1.807) is 0 Å². The molecular formula is C33H36S2Si. The summed E-state index contributed by atoms with van der Waals surface area (Å²) >= 11 is 3.65. The van der Waals surface area contributed by atoms with Crippen LogP contribution in [0, 0.1) is 75.3 Å². The highest BCUT2D eigenvalue weighted by molar-refractivity contribution is 8.05. The number of rotatable bonds is 3. The minimum atomic E-state index is -2.72. The average molecular weight is 525 g/mol. The van der Waals surface area contributed by atoms with Crippen LogP contribution in [0.1, 0.15) is 50.0 Å². The lowest BCUT2D eigenvalue weighted by Gasteiger charge is -2.50. The Morgan fingerprint density at radius 3 is 2.03 bits per heavy atom. The molecule has 11 unspecified atom stereocenters. The maximum atomic E-state index is 7.50. The van der Waals surface area contributed by atoms with Gasteiger partial charge in [-0.05, 0) is 132 Å². The number of benzene rings is 1. The van der Waals surface area contributed by atoms with E-state index >= 15 is 0 Å². The minimum absolute atomic E-state index is 0.128. The van der Waals surface area contributed by atoms with Crippen molar-refractivity contribution < 1.29 is 0 Å². The van der Waals surface area contributed by atoms with E-state index in [9.17, 15) is 0 Å². The Hall–Kier alpha value is -0.383. The molecule has 7 rings (SSSR count). The van der Waals surface area contributed by atoms with Crippen molar-refractivity contribution in [3.63, 3.8) is 0 Å². The molecule has 4 fully saturated rings. The second kappa shape index (κ2) is 9.09. The van der Waals surface area contributed by atoms with Gasteiger partial charge in [-0.3, -0.25) is 0 Å². The van der Waals surface area contributed by atoms with Gasteiger partial charge in [-0.2, -0.15) is 0 Å². The van der Waals surface area contributed by atoms with Crippen molar-refractivity contribution in [3.05, 3.63) is 91.7 Å². The van der Waals surface area contributed by atoms with Gasteiger partial charge in [-0.15, -0.1) is 23.5 Å². The normalized spacial score (nSPS) is 47.6. The molecule has 0 aromatic heterocycles. The van der Waals surface area contributed by atoms with E-state index in [-0.39, 0.29) is 17.0 Å². The van der Waals surface area contributed by atoms with Crippen LogP contribution in [0.15, 0.2) is 52.3 Å². The first-order valence-electron chi connectivity index (χ1n) is 14.0. The molecule has 0 N–H and O–H groups in total. The van der Waals surface area contributed by atoms with Crippen LogP contribution in [0.3, 0.4) is 0 Å². The van der Waals surface area contributed by atoms with Gasteiger partial charge in [-0.1, -0.05) is 42.5 Å². The van der Waals surface area contributed by atoms with Crippen molar-refractivity contribution in [2.24, 2.45) is 41.4 Å². The molecule has 1 aromatic rings. The summed E-state index contributed by atoms with van der Waals surface area (Å²) in [7, 11) is -2.72. The minimum Gasteiger partial charge on any atom is -0.126 e. The molecule has 0 saturated heterocycles. The first kappa shape index (κ1) is 24.6. The number of thioether (sulfide) groups is 2. The molecule has 0 amide bonds. The number of hydrogen-bond donors (Lipinski definition) is 0. The summed E-state index contributed by atoms with van der Waals surface area (Å²) in [6.07, 6.45) is 12.2. The molecule has 3 heteroatoms. The van der Waals surface area contributed by atoms with Crippen LogP contribution in [-0.2, 0) is 0 Å². The third-order valence-corrected chi connectivity index (χ3v) is 18.0. The molecule has 10 radical (unpaired) electrons. The molecule has 4 saturated carbocycles. The molecule has 36 heavy (non-hydrogen) atoms. The highest BCUT2D eigenvalue weighted by Crippen LogP contribution is 2.69. The van der Waals surface area contributed by atoms with E-state index in [1.807, 2.05) is 23.5 Å². The SMILES string of the molecule is [CH]C1=CC2C3C=C([CH])SC3C([Si]([CH])([CH])C3C([CH])CC4C5CC(c6ccccc6)CCC5CCC43)C2S1. The molecule has 4 aliphatic carbocycles. The highest BCUT2D eigenvalue weighted by Gasteiger charge is 2.64. The molecule has 1 aromatic carbocycles. The standard InChI is InChI=1S/C33H36S2Si/c1-19-15-27-25(14-13-23-11-12-24(18-26(23)27)22-9-7-6-8-10-22)32(19)36(4,5)33-30-28(16-20(2)34-30)29-17-21(3)35-31(29)33/h1-10,16-17,19,23-33H,11-15,18H2. The van der Waals surface area contributed by atoms with Crippen LogP contribution < -0.4 is 0 Å². The van der Waals surface area contributed by atoms with Crippen molar-refractivity contribution in [1.29, 1.82) is 0 Å². The van der Waals surface area contributed by atoms with Crippen LogP contribution in [0.5, 0.6) is 0 Å². The van der Waals surface area contributed by atoms with Gasteiger partial charge in [0, 0.05) is 24.3 Å². The lowest BCUT2D eigenvalue weighted by atomic mass is 9.59. The van der Waals surface area contributed by atoms with Crippen molar-refractivity contribution in [2.75, 3.05) is 0 Å². The first-order chi connectivity index (χ1) is 17.3. The van der Waals surface area contributed by atoms with Crippen LogP contribution in [0.25, 0.3) is 0 Å². The number of fused-ring (bicyclic) bond motifs is 6. The summed E-state index contributed by atoms with van der Waals surface area (Å²) in [6.45, 7) is 34.8. The van der Waals surface area contributed by atoms with Gasteiger partial charge >= 0.3 is 0 Å². The summed E-state index contributed by atoms with van der Waals surface area (Å²) in [5, 5.41) is 0.775. The lowest BCUT2D eigenvalue weighted by molar-refractivity contribution is 0.0630. The van der Waals surface area contributed by atoms with Crippen LogP contribution in [0.2, 0.25) is 11.1 Å². The smallest absolute Gasteiger partial charge is 0.0688 e. The van der Waals surface area contributed by atoms with Gasteiger partial charge in [-0.25, -0.2) is 0 Å². The van der Waals surface area contributed by atoms with Gasteiger partial charge in [0.15, 0.2) is 0 Å². The fourth-order valence-electron chi connectivity index (χ4n) is 9.82. The molecule has 6 aliphatic rings. The second-order valence-electron chi connectivity index (χ2n) is 12.7. The van der Waals surface area contributed by atoms with E-state index in [4.69, 9.17) is 33.9 Å². The molecular weight excluding hydrogens is 489 g/mol. The Morgan fingerprint density at radius 2 is 1.36 bits per heavy atom. The van der Waals surface area contributed by atoms with Crippen LogP contribution in [0.4, 0.5) is 0 Å². The Morgan fingerprint density at radius 1 is 0.722 bits per heavy atom. The van der Waals surface area contributed by atoms with Gasteiger partial charge < -0.3 is 0 Å². The number of allylic oxidation sites excluding steroid dienone is 4. The topological polar surface area (TPSA) is 0 Å². The van der Waals surface area contributed by atoms with Crippen LogP contribution >= 0.6 is 23.5 Å². The fraction of sp³-hybridized carbons (Fsp3) is 0.545. The molecule has 2 aliphatic heterocycles. The maximum absolute atomic E-state index is 7.50. The summed E-state index contributed by atoms with van der Waals surface area (Å²) in [4.78, 5) is 1.87. The predicted molar refractivity (Wildman–Crippen MR) is 155 cm³/mol. The monoisotopic (exact) mass is 524 g/mol. The predicted octanol–water partition coefficient (Wildman–Crippen LogP) is 8.30. The Balaban J connectivity index is 1.16. The van der Waals surface area contributed by atoms with Crippen molar-refractivity contribution >= 4 is 31.6 Å².